The summed E-state index contributed by atoms with van der Waals surface area (Å²) >= 11 is 0. The molecular formula is C11H23NO. The number of ether oxygens (including phenoxy) is 1. The lowest BCUT2D eigenvalue weighted by atomic mass is 10.1. The van der Waals surface area contributed by atoms with Crippen LogP contribution in [-0.2, 0) is 4.74 Å². The van der Waals surface area contributed by atoms with Crippen molar-refractivity contribution in [3.05, 3.63) is 12.7 Å². The van der Waals surface area contributed by atoms with Gasteiger partial charge in [0.1, 0.15) is 0 Å². The minimum Gasteiger partial charge on any atom is -0.380 e. The first kappa shape index (κ1) is 12.7. The number of hydrogen-bond acceptors (Lipinski definition) is 2. The molecule has 0 saturated heterocycles. The van der Waals surface area contributed by atoms with Crippen molar-refractivity contribution in [2.45, 2.75) is 45.1 Å². The molecular weight excluding hydrogens is 162 g/mol. The summed E-state index contributed by atoms with van der Waals surface area (Å²) in [5.41, 5.74) is 5.83. The molecule has 1 unspecified atom stereocenters. The summed E-state index contributed by atoms with van der Waals surface area (Å²) in [6.07, 6.45) is 7.89. The molecule has 2 N–H and O–H groups in total. The van der Waals surface area contributed by atoms with Crippen LogP contribution in [0.25, 0.3) is 0 Å². The molecule has 0 heterocycles. The molecule has 1 atom stereocenters. The molecule has 0 aliphatic heterocycles. The zero-order valence-electron chi connectivity index (χ0n) is 8.80. The Bertz CT molecular complexity index is 115. The van der Waals surface area contributed by atoms with Gasteiger partial charge in [-0.15, -0.1) is 6.58 Å². The summed E-state index contributed by atoms with van der Waals surface area (Å²) < 4.78 is 5.23. The minimum absolute atomic E-state index is 0.226. The van der Waals surface area contributed by atoms with Crippen molar-refractivity contribution in [1.29, 1.82) is 0 Å². The molecule has 0 saturated carbocycles. The van der Waals surface area contributed by atoms with Crippen molar-refractivity contribution in [3.8, 4) is 0 Å². The van der Waals surface area contributed by atoms with E-state index in [-0.39, 0.29) is 6.04 Å². The molecule has 0 spiro atoms. The zero-order valence-corrected chi connectivity index (χ0v) is 8.80. The number of allylic oxidation sites excluding steroid dienone is 1. The van der Waals surface area contributed by atoms with Crippen molar-refractivity contribution in [3.63, 3.8) is 0 Å². The van der Waals surface area contributed by atoms with Gasteiger partial charge in [0, 0.05) is 12.6 Å². The molecule has 78 valence electrons. The third-order valence-corrected chi connectivity index (χ3v) is 2.02. The van der Waals surface area contributed by atoms with Crippen LogP contribution in [0.1, 0.15) is 39.0 Å². The van der Waals surface area contributed by atoms with Gasteiger partial charge >= 0.3 is 0 Å². The quantitative estimate of drug-likeness (QED) is 0.442. The van der Waals surface area contributed by atoms with Gasteiger partial charge in [0.2, 0.25) is 0 Å². The van der Waals surface area contributed by atoms with Crippen molar-refractivity contribution in [1.82, 2.24) is 0 Å². The molecule has 2 nitrogen and oxygen atoms in total. The Morgan fingerprint density at radius 3 is 2.77 bits per heavy atom. The normalized spacial score (nSPS) is 12.8. The van der Waals surface area contributed by atoms with Gasteiger partial charge in [-0.05, 0) is 26.2 Å². The first-order valence-corrected chi connectivity index (χ1v) is 5.25. The molecule has 2 heteroatoms. The van der Waals surface area contributed by atoms with Crippen LogP contribution in [0.3, 0.4) is 0 Å². The van der Waals surface area contributed by atoms with Crippen LogP contribution in [0.15, 0.2) is 12.7 Å². The SMILES string of the molecule is C=CCCCCCC(N)COCC. The van der Waals surface area contributed by atoms with Gasteiger partial charge in [-0.25, -0.2) is 0 Å². The van der Waals surface area contributed by atoms with Crippen LogP contribution in [0, 0.1) is 0 Å². The number of rotatable bonds is 9. The summed E-state index contributed by atoms with van der Waals surface area (Å²) in [5, 5.41) is 0. The van der Waals surface area contributed by atoms with Gasteiger partial charge in [0.25, 0.3) is 0 Å². The second-order valence-electron chi connectivity index (χ2n) is 3.35. The van der Waals surface area contributed by atoms with E-state index in [9.17, 15) is 0 Å². The van der Waals surface area contributed by atoms with Crippen LogP contribution in [0.5, 0.6) is 0 Å². The van der Waals surface area contributed by atoms with Crippen molar-refractivity contribution < 1.29 is 4.74 Å². The monoisotopic (exact) mass is 185 g/mol. The topological polar surface area (TPSA) is 35.2 Å². The lowest BCUT2D eigenvalue weighted by Crippen LogP contribution is -2.25. The van der Waals surface area contributed by atoms with E-state index >= 15 is 0 Å². The average molecular weight is 185 g/mol. The first-order valence-electron chi connectivity index (χ1n) is 5.25. The van der Waals surface area contributed by atoms with Crippen molar-refractivity contribution in [2.75, 3.05) is 13.2 Å². The van der Waals surface area contributed by atoms with Crippen LogP contribution in [-0.4, -0.2) is 19.3 Å². The molecule has 0 fully saturated rings. The highest BCUT2D eigenvalue weighted by atomic mass is 16.5. The fraction of sp³-hybridized carbons (Fsp3) is 0.818. The zero-order chi connectivity index (χ0) is 9.94. The largest absolute Gasteiger partial charge is 0.380 e. The van der Waals surface area contributed by atoms with Crippen molar-refractivity contribution >= 4 is 0 Å². The standard InChI is InChI=1S/C11H23NO/c1-3-5-6-7-8-9-11(12)10-13-4-2/h3,11H,1,4-10,12H2,2H3. The van der Waals surface area contributed by atoms with Crippen LogP contribution in [0.2, 0.25) is 0 Å². The molecule has 13 heavy (non-hydrogen) atoms. The van der Waals surface area contributed by atoms with E-state index in [0.717, 1.165) is 19.4 Å². The second kappa shape index (κ2) is 9.75. The van der Waals surface area contributed by atoms with Gasteiger partial charge < -0.3 is 10.5 Å². The van der Waals surface area contributed by atoms with E-state index in [1.807, 2.05) is 13.0 Å². The molecule has 0 aliphatic carbocycles. The average Bonchev–Trinajstić information content (AvgIpc) is 2.14. The first-order chi connectivity index (χ1) is 6.31. The summed E-state index contributed by atoms with van der Waals surface area (Å²) in [6.45, 7) is 7.16. The lowest BCUT2D eigenvalue weighted by molar-refractivity contribution is 0.130. The third kappa shape index (κ3) is 9.57. The minimum atomic E-state index is 0.226. The Hall–Kier alpha value is -0.340. The molecule has 0 aromatic carbocycles. The maximum Gasteiger partial charge on any atom is 0.0617 e. The van der Waals surface area contributed by atoms with E-state index in [2.05, 4.69) is 6.58 Å². The lowest BCUT2D eigenvalue weighted by Gasteiger charge is -2.10. The van der Waals surface area contributed by atoms with Gasteiger partial charge in [0.15, 0.2) is 0 Å². The Morgan fingerprint density at radius 1 is 1.38 bits per heavy atom. The highest BCUT2D eigenvalue weighted by Crippen LogP contribution is 2.05. The number of nitrogens with two attached hydrogens (primary N) is 1. The van der Waals surface area contributed by atoms with E-state index in [4.69, 9.17) is 10.5 Å². The third-order valence-electron chi connectivity index (χ3n) is 2.02. The fourth-order valence-corrected chi connectivity index (χ4v) is 1.22. The van der Waals surface area contributed by atoms with Crippen molar-refractivity contribution in [2.24, 2.45) is 5.73 Å². The maximum absolute atomic E-state index is 5.83. The Balaban J connectivity index is 3.07. The molecule has 0 rings (SSSR count). The molecule has 0 aliphatic rings. The van der Waals surface area contributed by atoms with Crippen LogP contribution < -0.4 is 5.73 Å². The van der Waals surface area contributed by atoms with E-state index < -0.39 is 0 Å². The number of unbranched alkanes of at least 4 members (excludes halogenated alkanes) is 3. The predicted octanol–water partition coefficient (Wildman–Crippen LogP) is 2.49. The fourth-order valence-electron chi connectivity index (χ4n) is 1.22. The van der Waals surface area contributed by atoms with Gasteiger partial charge in [-0.2, -0.15) is 0 Å². The molecule has 0 aromatic heterocycles. The summed E-state index contributed by atoms with van der Waals surface area (Å²) in [6, 6.07) is 0.226. The predicted molar refractivity (Wildman–Crippen MR) is 57.8 cm³/mol. The Labute approximate surface area is 82.2 Å². The van der Waals surface area contributed by atoms with Crippen LogP contribution in [0.4, 0.5) is 0 Å². The molecule has 0 radical (unpaired) electrons. The molecule has 0 amide bonds. The maximum atomic E-state index is 5.83. The van der Waals surface area contributed by atoms with E-state index in [0.29, 0.717) is 6.61 Å². The Kier molecular flexibility index (Phi) is 9.49. The molecule has 0 aromatic rings. The number of hydrogen-bond donors (Lipinski definition) is 1. The highest BCUT2D eigenvalue weighted by molar-refractivity contribution is 4.66. The van der Waals surface area contributed by atoms with Crippen LogP contribution >= 0.6 is 0 Å². The second-order valence-corrected chi connectivity index (χ2v) is 3.35. The van der Waals surface area contributed by atoms with E-state index in [1.165, 1.54) is 19.3 Å². The molecule has 0 bridgehead atoms. The Morgan fingerprint density at radius 2 is 2.15 bits per heavy atom. The summed E-state index contributed by atoms with van der Waals surface area (Å²) in [7, 11) is 0. The van der Waals surface area contributed by atoms with Gasteiger partial charge in [0.05, 0.1) is 6.61 Å². The highest BCUT2D eigenvalue weighted by Gasteiger charge is 2.00. The van der Waals surface area contributed by atoms with Gasteiger partial charge in [-0.3, -0.25) is 0 Å². The smallest absolute Gasteiger partial charge is 0.0617 e. The van der Waals surface area contributed by atoms with Gasteiger partial charge in [-0.1, -0.05) is 18.9 Å². The summed E-state index contributed by atoms with van der Waals surface area (Å²) in [5.74, 6) is 0. The van der Waals surface area contributed by atoms with E-state index in [1.54, 1.807) is 0 Å². The summed E-state index contributed by atoms with van der Waals surface area (Å²) in [4.78, 5) is 0.